The lowest BCUT2D eigenvalue weighted by Crippen LogP contribution is -2.36. The molecule has 178 valence electrons. The fraction of sp³-hybridized carbons (Fsp3) is 0.217. The molecular weight excluding hydrogens is 484 g/mol. The van der Waals surface area contributed by atoms with Gasteiger partial charge in [-0.2, -0.15) is 0 Å². The molecule has 0 radical (unpaired) electrons. The molecule has 0 spiro atoms. The van der Waals surface area contributed by atoms with Gasteiger partial charge in [0.25, 0.3) is 11.1 Å². The number of carbonyl (C=O) groups excluding carboxylic acids is 4. The van der Waals surface area contributed by atoms with Crippen molar-refractivity contribution >= 4 is 58.1 Å². The lowest BCUT2D eigenvalue weighted by atomic mass is 10.2. The second kappa shape index (κ2) is 11.6. The number of nitrogens with zero attached hydrogens (tertiary/aromatic N) is 1. The number of esters is 1. The predicted octanol–water partition coefficient (Wildman–Crippen LogP) is 3.97. The van der Waals surface area contributed by atoms with E-state index in [2.05, 4.69) is 5.32 Å². The van der Waals surface area contributed by atoms with E-state index in [0.717, 1.165) is 16.7 Å². The van der Waals surface area contributed by atoms with Crippen molar-refractivity contribution < 1.29 is 33.4 Å². The topological polar surface area (TPSA) is 111 Å². The van der Waals surface area contributed by atoms with Gasteiger partial charge in [0.15, 0.2) is 18.1 Å². The van der Waals surface area contributed by atoms with Crippen LogP contribution in [0.4, 0.5) is 10.5 Å². The molecule has 0 aromatic heterocycles. The van der Waals surface area contributed by atoms with Crippen LogP contribution < -0.4 is 14.8 Å². The maximum Gasteiger partial charge on any atom is 0.344 e. The molecule has 3 rings (SSSR count). The number of hydrogen-bond donors (Lipinski definition) is 1. The quantitative estimate of drug-likeness (QED) is 0.403. The Kier molecular flexibility index (Phi) is 8.55. The maximum atomic E-state index is 12.8. The first-order valence-corrected chi connectivity index (χ1v) is 11.3. The lowest BCUT2D eigenvalue weighted by molar-refractivity contribution is -0.145. The van der Waals surface area contributed by atoms with Crippen molar-refractivity contribution in [1.29, 1.82) is 0 Å². The highest BCUT2D eigenvalue weighted by Gasteiger charge is 2.36. The standard InChI is InChI=1S/C23H21ClN2O7S/c1-3-32-21(28)13-33-18-9-14(7-8-17(18)31-2)10-19-22(29)26(23(30)34-19)12-20(27)25-16-6-4-5-15(24)11-16/h4-11H,3,12-13H2,1-2H3,(H,25,27)/b19-10-. The first-order chi connectivity index (χ1) is 16.3. The Bertz CT molecular complexity index is 1150. The largest absolute Gasteiger partial charge is 0.493 e. The Morgan fingerprint density at radius 2 is 1.94 bits per heavy atom. The number of halogens is 1. The summed E-state index contributed by atoms with van der Waals surface area (Å²) in [5, 5.41) is 2.48. The summed E-state index contributed by atoms with van der Waals surface area (Å²) in [5.74, 6) is -1.02. The minimum absolute atomic E-state index is 0.141. The molecule has 1 heterocycles. The van der Waals surface area contributed by atoms with E-state index in [4.69, 9.17) is 25.8 Å². The maximum absolute atomic E-state index is 12.8. The number of carbonyl (C=O) groups is 4. The van der Waals surface area contributed by atoms with Crippen LogP contribution in [0.1, 0.15) is 12.5 Å². The molecule has 3 amide bonds. The number of rotatable bonds is 9. The van der Waals surface area contributed by atoms with Gasteiger partial charge < -0.3 is 19.5 Å². The van der Waals surface area contributed by atoms with Crippen LogP contribution in [0.5, 0.6) is 11.5 Å². The van der Waals surface area contributed by atoms with E-state index in [1.54, 1.807) is 49.4 Å². The summed E-state index contributed by atoms with van der Waals surface area (Å²) in [6.07, 6.45) is 1.50. The van der Waals surface area contributed by atoms with E-state index < -0.39 is 29.6 Å². The third kappa shape index (κ3) is 6.52. The fourth-order valence-electron chi connectivity index (χ4n) is 2.93. The second-order valence-electron chi connectivity index (χ2n) is 6.83. The molecule has 11 heteroatoms. The van der Waals surface area contributed by atoms with Gasteiger partial charge in [0.2, 0.25) is 5.91 Å². The van der Waals surface area contributed by atoms with E-state index in [0.29, 0.717) is 22.0 Å². The summed E-state index contributed by atoms with van der Waals surface area (Å²) >= 11 is 6.62. The van der Waals surface area contributed by atoms with Gasteiger partial charge in [-0.25, -0.2) is 4.79 Å². The van der Waals surface area contributed by atoms with Crippen molar-refractivity contribution in [2.24, 2.45) is 0 Å². The summed E-state index contributed by atoms with van der Waals surface area (Å²) < 4.78 is 15.5. The summed E-state index contributed by atoms with van der Waals surface area (Å²) in [7, 11) is 1.45. The van der Waals surface area contributed by atoms with E-state index in [9.17, 15) is 19.2 Å². The smallest absolute Gasteiger partial charge is 0.344 e. The first-order valence-electron chi connectivity index (χ1n) is 10.1. The number of amides is 3. The minimum Gasteiger partial charge on any atom is -0.493 e. The molecule has 2 aromatic rings. The van der Waals surface area contributed by atoms with Crippen molar-refractivity contribution in [2.75, 3.05) is 32.2 Å². The zero-order valence-corrected chi connectivity index (χ0v) is 19.9. The van der Waals surface area contributed by atoms with Crippen LogP contribution in [-0.2, 0) is 19.1 Å². The average Bonchev–Trinajstić information content (AvgIpc) is 3.05. The SMILES string of the molecule is CCOC(=O)COc1cc(/C=C2\SC(=O)N(CC(=O)Nc3cccc(Cl)c3)C2=O)ccc1OC. The number of ether oxygens (including phenoxy) is 3. The molecule has 0 aliphatic carbocycles. The molecule has 0 unspecified atom stereocenters. The van der Waals surface area contributed by atoms with Crippen LogP contribution in [0.15, 0.2) is 47.4 Å². The third-order valence-corrected chi connectivity index (χ3v) is 5.56. The lowest BCUT2D eigenvalue weighted by Gasteiger charge is -2.12. The molecule has 0 atom stereocenters. The molecule has 1 aliphatic heterocycles. The second-order valence-corrected chi connectivity index (χ2v) is 8.26. The van der Waals surface area contributed by atoms with Crippen molar-refractivity contribution in [3.8, 4) is 11.5 Å². The van der Waals surface area contributed by atoms with E-state index in [-0.39, 0.29) is 23.9 Å². The summed E-state index contributed by atoms with van der Waals surface area (Å²) in [6, 6.07) is 11.4. The molecule has 1 aliphatic rings. The molecular formula is C23H21ClN2O7S. The van der Waals surface area contributed by atoms with E-state index in [1.807, 2.05) is 0 Å². The Labute approximate surface area is 205 Å². The number of anilines is 1. The molecule has 9 nitrogen and oxygen atoms in total. The summed E-state index contributed by atoms with van der Waals surface area (Å²) in [5.41, 5.74) is 0.988. The van der Waals surface area contributed by atoms with E-state index >= 15 is 0 Å². The molecule has 34 heavy (non-hydrogen) atoms. The van der Waals surface area contributed by atoms with Gasteiger partial charge >= 0.3 is 5.97 Å². The van der Waals surface area contributed by atoms with E-state index in [1.165, 1.54) is 13.2 Å². The average molecular weight is 505 g/mol. The fourth-order valence-corrected chi connectivity index (χ4v) is 3.96. The highest BCUT2D eigenvalue weighted by molar-refractivity contribution is 8.18. The number of hydrogen-bond acceptors (Lipinski definition) is 8. The van der Waals surface area contributed by atoms with Gasteiger partial charge in [-0.05, 0) is 60.7 Å². The van der Waals surface area contributed by atoms with Gasteiger partial charge in [-0.1, -0.05) is 23.7 Å². The molecule has 1 saturated heterocycles. The Hall–Kier alpha value is -3.50. The first kappa shape index (κ1) is 25.1. The zero-order chi connectivity index (χ0) is 24.7. The Morgan fingerprint density at radius 1 is 1.15 bits per heavy atom. The molecule has 0 bridgehead atoms. The highest BCUT2D eigenvalue weighted by Crippen LogP contribution is 2.34. The number of methoxy groups -OCH3 is 1. The van der Waals surface area contributed by atoms with Gasteiger partial charge in [0.05, 0.1) is 18.6 Å². The van der Waals surface area contributed by atoms with Crippen LogP contribution in [0.3, 0.4) is 0 Å². The summed E-state index contributed by atoms with van der Waals surface area (Å²) in [4.78, 5) is 50.0. The predicted molar refractivity (Wildman–Crippen MR) is 128 cm³/mol. The number of thioether (sulfide) groups is 1. The number of benzene rings is 2. The molecule has 1 N–H and O–H groups in total. The molecule has 1 fully saturated rings. The van der Waals surface area contributed by atoms with Crippen LogP contribution in [0, 0.1) is 0 Å². The molecule has 2 aromatic carbocycles. The monoisotopic (exact) mass is 504 g/mol. The zero-order valence-electron chi connectivity index (χ0n) is 18.3. The normalized spacial score (nSPS) is 14.3. The van der Waals surface area contributed by atoms with Crippen molar-refractivity contribution in [1.82, 2.24) is 4.90 Å². The van der Waals surface area contributed by atoms with Crippen LogP contribution in [0.2, 0.25) is 5.02 Å². The highest BCUT2D eigenvalue weighted by atomic mass is 35.5. The van der Waals surface area contributed by atoms with Crippen molar-refractivity contribution in [3.63, 3.8) is 0 Å². The molecule has 0 saturated carbocycles. The van der Waals surface area contributed by atoms with Gasteiger partial charge in [0.1, 0.15) is 6.54 Å². The van der Waals surface area contributed by atoms with Crippen molar-refractivity contribution in [2.45, 2.75) is 6.92 Å². The third-order valence-electron chi connectivity index (χ3n) is 4.42. The van der Waals surface area contributed by atoms with Gasteiger partial charge in [-0.3, -0.25) is 19.3 Å². The van der Waals surface area contributed by atoms with Gasteiger partial charge in [-0.15, -0.1) is 0 Å². The van der Waals surface area contributed by atoms with Crippen LogP contribution in [0.25, 0.3) is 6.08 Å². The Balaban J connectivity index is 1.70. The number of imide groups is 1. The number of nitrogens with one attached hydrogen (secondary N) is 1. The van der Waals surface area contributed by atoms with Gasteiger partial charge in [0, 0.05) is 10.7 Å². The van der Waals surface area contributed by atoms with Crippen LogP contribution >= 0.6 is 23.4 Å². The Morgan fingerprint density at radius 3 is 2.65 bits per heavy atom. The summed E-state index contributed by atoms with van der Waals surface area (Å²) in [6.45, 7) is 1.16. The minimum atomic E-state index is -0.596. The van der Waals surface area contributed by atoms with Crippen LogP contribution in [-0.4, -0.2) is 54.8 Å². The van der Waals surface area contributed by atoms with Crippen molar-refractivity contribution in [3.05, 3.63) is 58.0 Å².